The number of hydrogen-bond acceptors (Lipinski definition) is 2. The molecular formula is C15H15FO2. The van der Waals surface area contributed by atoms with E-state index in [1.807, 2.05) is 19.1 Å². The second kappa shape index (κ2) is 5.19. The highest BCUT2D eigenvalue weighted by molar-refractivity contribution is 5.39. The Morgan fingerprint density at radius 2 is 1.67 bits per heavy atom. The van der Waals surface area contributed by atoms with Crippen molar-refractivity contribution in [2.45, 2.75) is 13.0 Å². The Bertz CT molecular complexity index is 535. The first-order chi connectivity index (χ1) is 8.61. The zero-order valence-corrected chi connectivity index (χ0v) is 10.4. The van der Waals surface area contributed by atoms with Gasteiger partial charge in [-0.25, -0.2) is 4.39 Å². The van der Waals surface area contributed by atoms with Crippen molar-refractivity contribution in [3.05, 3.63) is 65.0 Å². The maximum absolute atomic E-state index is 12.8. The Kier molecular flexibility index (Phi) is 3.63. The normalized spacial score (nSPS) is 12.2. The molecule has 0 bridgehead atoms. The summed E-state index contributed by atoms with van der Waals surface area (Å²) in [4.78, 5) is 0. The molecule has 0 aliphatic carbocycles. The van der Waals surface area contributed by atoms with E-state index < -0.39 is 6.10 Å². The van der Waals surface area contributed by atoms with Gasteiger partial charge in [0.15, 0.2) is 0 Å². The van der Waals surface area contributed by atoms with Crippen molar-refractivity contribution >= 4 is 0 Å². The number of rotatable bonds is 3. The van der Waals surface area contributed by atoms with Crippen molar-refractivity contribution in [3.63, 3.8) is 0 Å². The summed E-state index contributed by atoms with van der Waals surface area (Å²) in [5.41, 5.74) is 2.39. The third kappa shape index (κ3) is 2.51. The van der Waals surface area contributed by atoms with Crippen molar-refractivity contribution in [1.29, 1.82) is 0 Å². The first-order valence-electron chi connectivity index (χ1n) is 5.70. The topological polar surface area (TPSA) is 29.5 Å². The van der Waals surface area contributed by atoms with Crippen LogP contribution in [0.4, 0.5) is 4.39 Å². The van der Waals surface area contributed by atoms with E-state index in [4.69, 9.17) is 4.74 Å². The second-order valence-electron chi connectivity index (χ2n) is 4.18. The van der Waals surface area contributed by atoms with Gasteiger partial charge < -0.3 is 9.84 Å². The quantitative estimate of drug-likeness (QED) is 0.901. The molecule has 2 aromatic rings. The number of methoxy groups -OCH3 is 1. The number of aryl methyl sites for hydroxylation is 1. The van der Waals surface area contributed by atoms with E-state index in [9.17, 15) is 9.50 Å². The molecule has 0 amide bonds. The summed E-state index contributed by atoms with van der Waals surface area (Å²) >= 11 is 0. The number of hydrogen-bond donors (Lipinski definition) is 1. The molecule has 0 saturated heterocycles. The van der Waals surface area contributed by atoms with Crippen molar-refractivity contribution in [2.75, 3.05) is 7.11 Å². The summed E-state index contributed by atoms with van der Waals surface area (Å²) in [6.45, 7) is 1.92. The number of benzene rings is 2. The summed E-state index contributed by atoms with van der Waals surface area (Å²) in [5.74, 6) is 0.474. The summed E-state index contributed by atoms with van der Waals surface area (Å²) in [7, 11) is 1.61. The van der Waals surface area contributed by atoms with Gasteiger partial charge in [-0.05, 0) is 47.9 Å². The largest absolute Gasteiger partial charge is 0.496 e. The Balaban J connectivity index is 2.31. The Morgan fingerprint density at radius 1 is 1.06 bits per heavy atom. The zero-order valence-electron chi connectivity index (χ0n) is 10.4. The third-order valence-corrected chi connectivity index (χ3v) is 2.92. The zero-order chi connectivity index (χ0) is 13.1. The monoisotopic (exact) mass is 246 g/mol. The van der Waals surface area contributed by atoms with Gasteiger partial charge in [-0.15, -0.1) is 0 Å². The van der Waals surface area contributed by atoms with Crippen molar-refractivity contribution < 1.29 is 14.2 Å². The first kappa shape index (κ1) is 12.6. The molecule has 0 aliphatic heterocycles. The van der Waals surface area contributed by atoms with Gasteiger partial charge in [0.1, 0.15) is 17.7 Å². The lowest BCUT2D eigenvalue weighted by Crippen LogP contribution is -2.00. The summed E-state index contributed by atoms with van der Waals surface area (Å²) in [5, 5.41) is 10.2. The fourth-order valence-electron chi connectivity index (χ4n) is 1.91. The molecule has 3 heteroatoms. The summed E-state index contributed by atoms with van der Waals surface area (Å²) < 4.78 is 18.0. The Labute approximate surface area is 106 Å². The van der Waals surface area contributed by atoms with Crippen LogP contribution in [0.5, 0.6) is 5.75 Å². The fourth-order valence-corrected chi connectivity index (χ4v) is 1.91. The molecule has 0 heterocycles. The van der Waals surface area contributed by atoms with Gasteiger partial charge >= 0.3 is 0 Å². The van der Waals surface area contributed by atoms with Gasteiger partial charge in [0.25, 0.3) is 0 Å². The molecule has 1 N–H and O–H groups in total. The molecule has 18 heavy (non-hydrogen) atoms. The van der Waals surface area contributed by atoms with E-state index in [0.717, 1.165) is 16.9 Å². The van der Waals surface area contributed by atoms with Gasteiger partial charge in [0, 0.05) is 0 Å². The molecule has 94 valence electrons. The Hall–Kier alpha value is -1.87. The lowest BCUT2D eigenvalue weighted by Gasteiger charge is -2.13. The molecule has 2 aromatic carbocycles. The van der Waals surface area contributed by atoms with Crippen LogP contribution in [0.2, 0.25) is 0 Å². The number of aliphatic hydroxyl groups is 1. The van der Waals surface area contributed by atoms with Crippen molar-refractivity contribution in [3.8, 4) is 5.75 Å². The van der Waals surface area contributed by atoms with Gasteiger partial charge in [-0.1, -0.05) is 18.2 Å². The van der Waals surface area contributed by atoms with Gasteiger partial charge in [-0.2, -0.15) is 0 Å². The molecule has 0 saturated carbocycles. The van der Waals surface area contributed by atoms with Gasteiger partial charge in [0.2, 0.25) is 0 Å². The molecule has 2 rings (SSSR count). The van der Waals surface area contributed by atoms with Crippen LogP contribution in [0.15, 0.2) is 42.5 Å². The highest BCUT2D eigenvalue weighted by atomic mass is 19.1. The first-order valence-corrected chi connectivity index (χ1v) is 5.70. The third-order valence-electron chi connectivity index (χ3n) is 2.92. The van der Waals surface area contributed by atoms with Crippen LogP contribution in [0.1, 0.15) is 22.8 Å². The van der Waals surface area contributed by atoms with E-state index in [-0.39, 0.29) is 5.82 Å². The number of ether oxygens (including phenoxy) is 1. The highest BCUT2D eigenvalue weighted by Crippen LogP contribution is 2.26. The smallest absolute Gasteiger partial charge is 0.123 e. The van der Waals surface area contributed by atoms with Crippen LogP contribution in [-0.4, -0.2) is 12.2 Å². The minimum absolute atomic E-state index is 0.308. The molecule has 1 unspecified atom stereocenters. The van der Waals surface area contributed by atoms with E-state index in [1.165, 1.54) is 12.1 Å². The van der Waals surface area contributed by atoms with E-state index >= 15 is 0 Å². The van der Waals surface area contributed by atoms with Crippen LogP contribution < -0.4 is 4.74 Å². The molecule has 0 aliphatic rings. The van der Waals surface area contributed by atoms with E-state index in [2.05, 4.69) is 0 Å². The standard InChI is InChI=1S/C15H15FO2/c1-10-9-12(5-8-14(10)18-2)15(17)11-3-6-13(16)7-4-11/h3-9,15,17H,1-2H3. The average molecular weight is 246 g/mol. The van der Waals surface area contributed by atoms with Crippen LogP contribution in [0.25, 0.3) is 0 Å². The molecule has 0 aromatic heterocycles. The van der Waals surface area contributed by atoms with Crippen LogP contribution >= 0.6 is 0 Å². The van der Waals surface area contributed by atoms with Crippen LogP contribution in [0, 0.1) is 12.7 Å². The minimum Gasteiger partial charge on any atom is -0.496 e. The molecule has 0 fully saturated rings. The van der Waals surface area contributed by atoms with Crippen molar-refractivity contribution in [2.24, 2.45) is 0 Å². The summed E-state index contributed by atoms with van der Waals surface area (Å²) in [6.07, 6.45) is -0.754. The maximum Gasteiger partial charge on any atom is 0.123 e. The lowest BCUT2D eigenvalue weighted by atomic mass is 9.99. The molecule has 0 spiro atoms. The maximum atomic E-state index is 12.8. The van der Waals surface area contributed by atoms with Crippen LogP contribution in [-0.2, 0) is 0 Å². The molecular weight excluding hydrogens is 231 g/mol. The van der Waals surface area contributed by atoms with Crippen LogP contribution in [0.3, 0.4) is 0 Å². The minimum atomic E-state index is -0.754. The fraction of sp³-hybridized carbons (Fsp3) is 0.200. The van der Waals surface area contributed by atoms with Crippen molar-refractivity contribution in [1.82, 2.24) is 0 Å². The molecule has 2 nitrogen and oxygen atoms in total. The average Bonchev–Trinajstić information content (AvgIpc) is 2.38. The second-order valence-corrected chi connectivity index (χ2v) is 4.18. The summed E-state index contributed by atoms with van der Waals surface area (Å²) in [6, 6.07) is 11.3. The van der Waals surface area contributed by atoms with E-state index in [0.29, 0.717) is 5.56 Å². The number of aliphatic hydroxyl groups excluding tert-OH is 1. The van der Waals surface area contributed by atoms with Gasteiger partial charge in [0.05, 0.1) is 7.11 Å². The van der Waals surface area contributed by atoms with E-state index in [1.54, 1.807) is 25.3 Å². The lowest BCUT2D eigenvalue weighted by molar-refractivity contribution is 0.220. The predicted molar refractivity (Wildman–Crippen MR) is 68.2 cm³/mol. The predicted octanol–water partition coefficient (Wildman–Crippen LogP) is 3.22. The SMILES string of the molecule is COc1ccc(C(O)c2ccc(F)cc2)cc1C. The highest BCUT2D eigenvalue weighted by Gasteiger charge is 2.11. The Morgan fingerprint density at radius 3 is 2.22 bits per heavy atom. The number of halogens is 1. The molecule has 1 atom stereocenters. The van der Waals surface area contributed by atoms with Gasteiger partial charge in [-0.3, -0.25) is 0 Å². The molecule has 0 radical (unpaired) electrons.